The van der Waals surface area contributed by atoms with Crippen LogP contribution in [0.2, 0.25) is 5.02 Å². The Morgan fingerprint density at radius 1 is 1.33 bits per heavy atom. The summed E-state index contributed by atoms with van der Waals surface area (Å²) in [5, 5.41) is 3.90. The number of hydrogen-bond donors (Lipinski definition) is 1. The number of aromatic nitrogens is 1. The second-order valence-corrected chi connectivity index (χ2v) is 8.94. The van der Waals surface area contributed by atoms with Crippen molar-refractivity contribution in [1.29, 1.82) is 0 Å². The molecule has 4 rings (SSSR count). The monoisotopic (exact) mass is 444 g/mol. The van der Waals surface area contributed by atoms with Gasteiger partial charge in [0.25, 0.3) is 0 Å². The summed E-state index contributed by atoms with van der Waals surface area (Å²) in [6, 6.07) is 10.6. The number of nitrogens with one attached hydrogen (secondary N) is 1. The van der Waals surface area contributed by atoms with Gasteiger partial charge in [0.2, 0.25) is 5.91 Å². The minimum Gasteiger partial charge on any atom is -0.346 e. The van der Waals surface area contributed by atoms with Gasteiger partial charge in [0.05, 0.1) is 15.2 Å². The van der Waals surface area contributed by atoms with Crippen LogP contribution in [0.15, 0.2) is 42.5 Å². The van der Waals surface area contributed by atoms with Crippen molar-refractivity contribution in [2.45, 2.75) is 12.5 Å². The first-order chi connectivity index (χ1) is 14.4. The average Bonchev–Trinajstić information content (AvgIpc) is 3.35. The van der Waals surface area contributed by atoms with Gasteiger partial charge in [-0.25, -0.2) is 9.37 Å². The van der Waals surface area contributed by atoms with Crippen LogP contribution in [0.1, 0.15) is 12.0 Å². The largest absolute Gasteiger partial charge is 0.346 e. The molecule has 1 fully saturated rings. The van der Waals surface area contributed by atoms with Gasteiger partial charge in [-0.15, -0.1) is 0 Å². The smallest absolute Gasteiger partial charge is 0.248 e. The molecule has 0 bridgehead atoms. The molecule has 1 aliphatic rings. The van der Waals surface area contributed by atoms with Crippen LogP contribution in [-0.2, 0) is 4.79 Å². The Hall–Kier alpha value is -2.48. The molecule has 1 amide bonds. The van der Waals surface area contributed by atoms with E-state index in [1.807, 2.05) is 18.2 Å². The number of fused-ring (bicyclic) bond motifs is 1. The highest BCUT2D eigenvalue weighted by molar-refractivity contribution is 7.22. The molecule has 5 nitrogen and oxygen atoms in total. The zero-order chi connectivity index (χ0) is 21.3. The van der Waals surface area contributed by atoms with Crippen LogP contribution in [0.5, 0.6) is 0 Å². The number of anilines is 2. The molecule has 2 heterocycles. The molecule has 1 aromatic heterocycles. The van der Waals surface area contributed by atoms with E-state index in [9.17, 15) is 9.18 Å². The van der Waals surface area contributed by atoms with E-state index >= 15 is 0 Å². The normalized spacial score (nSPS) is 16.8. The van der Waals surface area contributed by atoms with Gasteiger partial charge in [0.15, 0.2) is 5.13 Å². The highest BCUT2D eigenvalue weighted by Gasteiger charge is 2.26. The molecule has 0 unspecified atom stereocenters. The topological polar surface area (TPSA) is 48.5 Å². The lowest BCUT2D eigenvalue weighted by atomic mass is 10.2. The maximum Gasteiger partial charge on any atom is 0.248 e. The molecule has 2 aromatic carbocycles. The number of halogens is 2. The molecule has 1 atom stereocenters. The van der Waals surface area contributed by atoms with Gasteiger partial charge in [-0.2, -0.15) is 0 Å². The number of hydrogen-bond acceptors (Lipinski definition) is 5. The molecule has 1 N–H and O–H groups in total. The molecule has 1 saturated heterocycles. The fraction of sp³-hybridized carbons (Fsp3) is 0.273. The molecule has 1 aliphatic heterocycles. The van der Waals surface area contributed by atoms with Crippen LogP contribution in [0, 0.1) is 5.82 Å². The maximum absolute atomic E-state index is 13.2. The van der Waals surface area contributed by atoms with Crippen molar-refractivity contribution >= 4 is 56.0 Å². The molecule has 0 saturated carbocycles. The van der Waals surface area contributed by atoms with Gasteiger partial charge in [-0.05, 0) is 62.5 Å². The Morgan fingerprint density at radius 3 is 2.90 bits per heavy atom. The summed E-state index contributed by atoms with van der Waals surface area (Å²) in [6.45, 7) is 1.99. The summed E-state index contributed by atoms with van der Waals surface area (Å²) in [4.78, 5) is 21.6. The Morgan fingerprint density at radius 2 is 2.17 bits per heavy atom. The fourth-order valence-electron chi connectivity index (χ4n) is 3.43. The lowest BCUT2D eigenvalue weighted by molar-refractivity contribution is -0.111. The Labute approximate surface area is 183 Å². The zero-order valence-electron chi connectivity index (χ0n) is 16.7. The summed E-state index contributed by atoms with van der Waals surface area (Å²) < 4.78 is 14.3. The first-order valence-corrected chi connectivity index (χ1v) is 10.8. The Bertz CT molecular complexity index is 1110. The standard InChI is InChI=1S/C22H22ClFN4OS/c1-27(2)16-9-10-28(13-16)22-26-19-7-5-15(12-20(19)30-22)25-21(29)8-4-14-3-6-18(24)17(23)11-14/h3-8,11-12,16H,9-10,13H2,1-2H3,(H,25,29)/t16-/m1/s1. The quantitative estimate of drug-likeness (QED) is 0.570. The number of carbonyl (C=O) groups excluding carboxylic acids is 1. The van der Waals surface area contributed by atoms with Gasteiger partial charge in [-0.1, -0.05) is 29.0 Å². The van der Waals surface area contributed by atoms with Gasteiger partial charge < -0.3 is 15.1 Å². The maximum atomic E-state index is 13.2. The molecule has 30 heavy (non-hydrogen) atoms. The molecular formula is C22H22ClFN4OS. The van der Waals surface area contributed by atoms with Crippen LogP contribution >= 0.6 is 22.9 Å². The van der Waals surface area contributed by atoms with Crippen LogP contribution in [-0.4, -0.2) is 49.0 Å². The molecule has 156 valence electrons. The zero-order valence-corrected chi connectivity index (χ0v) is 18.3. The summed E-state index contributed by atoms with van der Waals surface area (Å²) in [6.07, 6.45) is 4.13. The van der Waals surface area contributed by atoms with Crippen LogP contribution in [0.25, 0.3) is 16.3 Å². The van der Waals surface area contributed by atoms with Gasteiger partial charge in [0.1, 0.15) is 5.82 Å². The Kier molecular flexibility index (Phi) is 6.04. The number of likely N-dealkylation sites (N-methyl/N-ethyl adjacent to an activating group) is 1. The highest BCUT2D eigenvalue weighted by Crippen LogP contribution is 2.33. The number of amides is 1. The van der Waals surface area contributed by atoms with E-state index in [-0.39, 0.29) is 10.9 Å². The third-order valence-electron chi connectivity index (χ3n) is 5.18. The van der Waals surface area contributed by atoms with Crippen LogP contribution < -0.4 is 10.2 Å². The second kappa shape index (κ2) is 8.71. The van der Waals surface area contributed by atoms with Crippen molar-refractivity contribution in [3.63, 3.8) is 0 Å². The van der Waals surface area contributed by atoms with Crippen molar-refractivity contribution in [2.75, 3.05) is 37.4 Å². The number of thiazole rings is 1. The van der Waals surface area contributed by atoms with Gasteiger partial charge in [-0.3, -0.25) is 4.79 Å². The first kappa shape index (κ1) is 20.8. The molecular weight excluding hydrogens is 423 g/mol. The van der Waals surface area contributed by atoms with Crippen LogP contribution in [0.3, 0.4) is 0 Å². The molecule has 0 aliphatic carbocycles. The molecule has 0 spiro atoms. The van der Waals surface area contributed by atoms with Crippen molar-refractivity contribution in [2.24, 2.45) is 0 Å². The van der Waals surface area contributed by atoms with E-state index in [0.717, 1.165) is 34.9 Å². The van der Waals surface area contributed by atoms with Crippen molar-refractivity contribution in [3.05, 3.63) is 58.9 Å². The third kappa shape index (κ3) is 4.64. The van der Waals surface area contributed by atoms with E-state index in [2.05, 4.69) is 29.2 Å². The minimum atomic E-state index is -0.485. The average molecular weight is 445 g/mol. The lowest BCUT2D eigenvalue weighted by Gasteiger charge is -2.19. The predicted molar refractivity (Wildman–Crippen MR) is 123 cm³/mol. The third-order valence-corrected chi connectivity index (χ3v) is 6.55. The van der Waals surface area contributed by atoms with Crippen molar-refractivity contribution in [1.82, 2.24) is 9.88 Å². The first-order valence-electron chi connectivity index (χ1n) is 9.65. The number of benzene rings is 2. The molecule has 3 aromatic rings. The summed E-state index contributed by atoms with van der Waals surface area (Å²) in [7, 11) is 4.22. The van der Waals surface area contributed by atoms with E-state index in [1.54, 1.807) is 23.5 Å². The lowest BCUT2D eigenvalue weighted by Crippen LogP contribution is -2.31. The highest BCUT2D eigenvalue weighted by atomic mass is 35.5. The minimum absolute atomic E-state index is 0.0268. The van der Waals surface area contributed by atoms with E-state index in [1.165, 1.54) is 18.2 Å². The molecule has 0 radical (unpaired) electrons. The van der Waals surface area contributed by atoms with E-state index in [0.29, 0.717) is 17.3 Å². The van der Waals surface area contributed by atoms with E-state index in [4.69, 9.17) is 16.6 Å². The fourth-order valence-corrected chi connectivity index (χ4v) is 4.66. The van der Waals surface area contributed by atoms with Crippen molar-refractivity contribution in [3.8, 4) is 0 Å². The van der Waals surface area contributed by atoms with E-state index < -0.39 is 5.82 Å². The SMILES string of the molecule is CN(C)[C@@H]1CCN(c2nc3ccc(NC(=O)C=Cc4ccc(F)c(Cl)c4)cc3s2)C1. The van der Waals surface area contributed by atoms with Crippen molar-refractivity contribution < 1.29 is 9.18 Å². The van der Waals surface area contributed by atoms with Gasteiger partial charge >= 0.3 is 0 Å². The molecule has 8 heteroatoms. The number of rotatable bonds is 5. The second-order valence-electron chi connectivity index (χ2n) is 7.53. The Balaban J connectivity index is 1.44. The number of carbonyl (C=O) groups is 1. The number of nitrogens with zero attached hydrogens (tertiary/aromatic N) is 3. The summed E-state index contributed by atoms with van der Waals surface area (Å²) in [5.74, 6) is -0.755. The summed E-state index contributed by atoms with van der Waals surface area (Å²) in [5.41, 5.74) is 2.29. The van der Waals surface area contributed by atoms with Crippen LogP contribution in [0.4, 0.5) is 15.2 Å². The van der Waals surface area contributed by atoms with Gasteiger partial charge in [0, 0.05) is 30.9 Å². The summed E-state index contributed by atoms with van der Waals surface area (Å²) >= 11 is 7.41. The predicted octanol–water partition coefficient (Wildman–Crippen LogP) is 4.88.